The molecular weight excluding hydrogens is 320 g/mol. The zero-order valence-corrected chi connectivity index (χ0v) is 13.9. The van der Waals surface area contributed by atoms with E-state index in [1.807, 2.05) is 6.07 Å². The molecule has 0 aromatic heterocycles. The molecule has 1 aromatic carbocycles. The third-order valence-electron chi connectivity index (χ3n) is 5.47. The zero-order chi connectivity index (χ0) is 17.4. The Morgan fingerprint density at radius 3 is 2.48 bits per heavy atom. The maximum absolute atomic E-state index is 12.6. The predicted molar refractivity (Wildman–Crippen MR) is 89.1 cm³/mol. The molecule has 1 heterocycles. The maximum Gasteiger partial charge on any atom is 0.249 e. The molecule has 6 nitrogen and oxygen atoms in total. The first-order chi connectivity index (χ1) is 12.2. The lowest BCUT2D eigenvalue weighted by atomic mass is 9.99. The molecule has 6 heteroatoms. The van der Waals surface area contributed by atoms with Gasteiger partial charge >= 0.3 is 0 Å². The number of hydrogen-bond donors (Lipinski definition) is 1. The van der Waals surface area contributed by atoms with Crippen LogP contribution in [0.15, 0.2) is 18.2 Å². The van der Waals surface area contributed by atoms with E-state index in [0.717, 1.165) is 25.7 Å². The number of ketones is 1. The van der Waals surface area contributed by atoms with Gasteiger partial charge in [0.2, 0.25) is 5.91 Å². The van der Waals surface area contributed by atoms with Crippen LogP contribution < -0.4 is 14.8 Å². The lowest BCUT2D eigenvalue weighted by Gasteiger charge is -2.19. The number of carbonyl (C=O) groups excluding carboxylic acids is 2. The molecule has 0 bridgehead atoms. The Hall–Kier alpha value is -2.55. The Morgan fingerprint density at radius 2 is 1.80 bits per heavy atom. The van der Waals surface area contributed by atoms with E-state index >= 15 is 0 Å². The van der Waals surface area contributed by atoms with Gasteiger partial charge in [-0.05, 0) is 36.8 Å². The summed E-state index contributed by atoms with van der Waals surface area (Å²) in [5.74, 6) is -0.168. The highest BCUT2D eigenvalue weighted by molar-refractivity contribution is 6.11. The van der Waals surface area contributed by atoms with E-state index in [0.29, 0.717) is 42.2 Å². The number of benzene rings is 1. The summed E-state index contributed by atoms with van der Waals surface area (Å²) in [5, 5.41) is 12.0. The number of amides is 1. The molecule has 1 amide bonds. The second-order valence-electron chi connectivity index (χ2n) is 6.95. The second kappa shape index (κ2) is 6.40. The molecule has 0 spiro atoms. The normalized spacial score (nSPS) is 27.4. The van der Waals surface area contributed by atoms with Gasteiger partial charge in [-0.3, -0.25) is 9.59 Å². The largest absolute Gasteiger partial charge is 0.486 e. The van der Waals surface area contributed by atoms with E-state index in [4.69, 9.17) is 9.47 Å². The van der Waals surface area contributed by atoms with E-state index in [9.17, 15) is 14.9 Å². The van der Waals surface area contributed by atoms with E-state index in [-0.39, 0.29) is 11.7 Å². The number of nitrogens with one attached hydrogen (secondary N) is 1. The lowest BCUT2D eigenvalue weighted by molar-refractivity contribution is -0.130. The smallest absolute Gasteiger partial charge is 0.249 e. The maximum atomic E-state index is 12.6. The summed E-state index contributed by atoms with van der Waals surface area (Å²) in [6, 6.07) is 6.95. The third kappa shape index (κ3) is 2.95. The molecule has 1 N–H and O–H groups in total. The van der Waals surface area contributed by atoms with Crippen LogP contribution in [0.25, 0.3) is 0 Å². The summed E-state index contributed by atoms with van der Waals surface area (Å²) in [7, 11) is 0. The molecule has 1 aromatic rings. The van der Waals surface area contributed by atoms with Gasteiger partial charge in [0.1, 0.15) is 13.2 Å². The van der Waals surface area contributed by atoms with Crippen LogP contribution in [0.5, 0.6) is 11.5 Å². The fraction of sp³-hybridized carbons (Fsp3) is 0.526. The minimum absolute atomic E-state index is 0.0989. The number of anilines is 1. The van der Waals surface area contributed by atoms with Gasteiger partial charge in [0.15, 0.2) is 23.2 Å². The number of nitrogens with zero attached hydrogens (tertiary/aromatic N) is 1. The first kappa shape index (κ1) is 15.9. The Balaban J connectivity index is 1.44. The fourth-order valence-corrected chi connectivity index (χ4v) is 4.19. The van der Waals surface area contributed by atoms with Crippen molar-refractivity contribution in [1.29, 1.82) is 5.26 Å². The molecule has 3 atom stereocenters. The van der Waals surface area contributed by atoms with Crippen LogP contribution in [-0.2, 0) is 9.59 Å². The van der Waals surface area contributed by atoms with E-state index in [1.54, 1.807) is 18.2 Å². The van der Waals surface area contributed by atoms with Crippen LogP contribution in [0, 0.1) is 35.0 Å². The van der Waals surface area contributed by atoms with Crippen LogP contribution >= 0.6 is 0 Å². The minimum Gasteiger partial charge on any atom is -0.486 e. The molecule has 3 aliphatic rings. The number of fused-ring (bicyclic) bond motifs is 2. The van der Waals surface area contributed by atoms with Gasteiger partial charge in [0, 0.05) is 17.7 Å². The minimum atomic E-state index is -1.25. The zero-order valence-electron chi connectivity index (χ0n) is 13.9. The van der Waals surface area contributed by atoms with E-state index < -0.39 is 11.8 Å². The Morgan fingerprint density at radius 1 is 1.12 bits per heavy atom. The van der Waals surface area contributed by atoms with Gasteiger partial charge in [-0.1, -0.05) is 12.8 Å². The summed E-state index contributed by atoms with van der Waals surface area (Å²) in [4.78, 5) is 25.1. The first-order valence-electron chi connectivity index (χ1n) is 8.83. The number of nitriles is 1. The molecule has 3 unspecified atom stereocenters. The van der Waals surface area contributed by atoms with Gasteiger partial charge in [0.05, 0.1) is 6.07 Å². The monoisotopic (exact) mass is 340 g/mol. The Labute approximate surface area is 146 Å². The molecule has 0 saturated heterocycles. The fourth-order valence-electron chi connectivity index (χ4n) is 4.19. The third-order valence-corrected chi connectivity index (χ3v) is 5.47. The molecular formula is C19H20N2O4. The number of carbonyl (C=O) groups is 2. The number of ether oxygens (including phenoxy) is 2. The van der Waals surface area contributed by atoms with Crippen molar-refractivity contribution in [1.82, 2.24) is 0 Å². The van der Waals surface area contributed by atoms with Crippen molar-refractivity contribution in [3.8, 4) is 17.6 Å². The molecule has 2 aliphatic carbocycles. The van der Waals surface area contributed by atoms with Crippen molar-refractivity contribution in [3.63, 3.8) is 0 Å². The Bertz CT molecular complexity index is 742. The van der Waals surface area contributed by atoms with Gasteiger partial charge in [-0.15, -0.1) is 0 Å². The summed E-state index contributed by atoms with van der Waals surface area (Å²) < 4.78 is 10.9. The standard InChI is InChI=1S/C19H20N2O4/c20-10-14(18(22)17-12-3-1-2-4-13(12)17)19(23)21-11-5-6-15-16(9-11)25-8-7-24-15/h5-6,9,12-14,17H,1-4,7-8H2,(H,21,23). The molecule has 0 radical (unpaired) electrons. The SMILES string of the molecule is N#CC(C(=O)Nc1ccc2c(c1)OCCO2)C(=O)C1C2CCCCC21. The molecule has 4 rings (SSSR count). The average Bonchev–Trinajstić information content (AvgIpc) is 3.36. The van der Waals surface area contributed by atoms with Crippen molar-refractivity contribution in [2.75, 3.05) is 18.5 Å². The van der Waals surface area contributed by atoms with Gasteiger partial charge in [0.25, 0.3) is 0 Å². The van der Waals surface area contributed by atoms with Crippen LogP contribution in [-0.4, -0.2) is 24.9 Å². The number of rotatable bonds is 4. The second-order valence-corrected chi connectivity index (χ2v) is 6.95. The summed E-state index contributed by atoms with van der Waals surface area (Å²) in [5.41, 5.74) is 0.496. The number of hydrogen-bond acceptors (Lipinski definition) is 5. The van der Waals surface area contributed by atoms with Crippen molar-refractivity contribution in [2.45, 2.75) is 25.7 Å². The average molecular weight is 340 g/mol. The van der Waals surface area contributed by atoms with Gasteiger partial charge in [-0.2, -0.15) is 5.26 Å². The summed E-state index contributed by atoms with van der Waals surface area (Å²) in [6.07, 6.45) is 4.38. The highest BCUT2D eigenvalue weighted by atomic mass is 16.6. The molecule has 130 valence electrons. The molecule has 2 fully saturated rings. The van der Waals surface area contributed by atoms with Crippen LogP contribution in [0.3, 0.4) is 0 Å². The first-order valence-corrected chi connectivity index (χ1v) is 8.83. The molecule has 2 saturated carbocycles. The van der Waals surface area contributed by atoms with Gasteiger partial charge < -0.3 is 14.8 Å². The van der Waals surface area contributed by atoms with Crippen LogP contribution in [0.2, 0.25) is 0 Å². The lowest BCUT2D eigenvalue weighted by Crippen LogP contribution is -2.30. The van der Waals surface area contributed by atoms with E-state index in [1.165, 1.54) is 0 Å². The highest BCUT2D eigenvalue weighted by Crippen LogP contribution is 2.56. The molecule has 1 aliphatic heterocycles. The van der Waals surface area contributed by atoms with Gasteiger partial charge in [-0.25, -0.2) is 0 Å². The summed E-state index contributed by atoms with van der Waals surface area (Å²) in [6.45, 7) is 0.946. The predicted octanol–water partition coefficient (Wildman–Crippen LogP) is 2.54. The van der Waals surface area contributed by atoms with Crippen LogP contribution in [0.4, 0.5) is 5.69 Å². The van der Waals surface area contributed by atoms with Crippen molar-refractivity contribution in [3.05, 3.63) is 18.2 Å². The topological polar surface area (TPSA) is 88.4 Å². The van der Waals surface area contributed by atoms with Crippen molar-refractivity contribution >= 4 is 17.4 Å². The number of Topliss-reactive ketones (excluding diaryl/α,β-unsaturated/α-hetero) is 1. The Kier molecular flexibility index (Phi) is 4.08. The quantitative estimate of drug-likeness (QED) is 0.851. The van der Waals surface area contributed by atoms with Crippen molar-refractivity contribution < 1.29 is 19.1 Å². The highest BCUT2D eigenvalue weighted by Gasteiger charge is 2.56. The van der Waals surface area contributed by atoms with E-state index in [2.05, 4.69) is 5.32 Å². The summed E-state index contributed by atoms with van der Waals surface area (Å²) >= 11 is 0. The van der Waals surface area contributed by atoms with Crippen molar-refractivity contribution in [2.24, 2.45) is 23.7 Å². The van der Waals surface area contributed by atoms with Crippen LogP contribution in [0.1, 0.15) is 25.7 Å². The molecule has 25 heavy (non-hydrogen) atoms.